The van der Waals surface area contributed by atoms with Crippen LogP contribution in [0.3, 0.4) is 0 Å². The van der Waals surface area contributed by atoms with Gasteiger partial charge >= 0.3 is 0 Å². The number of hydrogen-bond acceptors (Lipinski definition) is 4. The van der Waals surface area contributed by atoms with Crippen molar-refractivity contribution in [2.45, 2.75) is 32.2 Å². The first-order chi connectivity index (χ1) is 10.0. The molecule has 1 saturated carbocycles. The van der Waals surface area contributed by atoms with E-state index in [1.165, 1.54) is 18.4 Å². The standard InChI is InChI=1S/C14H19N3O3S/c1-8(16-12(19)9-4-3-5-9)11(18)17-14-10(6-7-21-14)13(20)15-2/h6-9H,3-5H2,1-2H3,(H,15,20)(H,16,19)(H,17,18). The molecule has 0 aromatic carbocycles. The van der Waals surface area contributed by atoms with E-state index in [4.69, 9.17) is 0 Å². The molecular formula is C14H19N3O3S. The maximum atomic E-state index is 12.1. The minimum absolute atomic E-state index is 0.0448. The summed E-state index contributed by atoms with van der Waals surface area (Å²) in [5.41, 5.74) is 0.424. The van der Waals surface area contributed by atoms with Crippen LogP contribution < -0.4 is 16.0 Å². The number of rotatable bonds is 5. The van der Waals surface area contributed by atoms with Crippen molar-refractivity contribution in [2.24, 2.45) is 5.92 Å². The van der Waals surface area contributed by atoms with Gasteiger partial charge < -0.3 is 16.0 Å². The van der Waals surface area contributed by atoms with Gasteiger partial charge in [-0.05, 0) is 31.2 Å². The third-order valence-electron chi connectivity index (χ3n) is 3.60. The quantitative estimate of drug-likeness (QED) is 0.767. The van der Waals surface area contributed by atoms with Crippen LogP contribution in [0.5, 0.6) is 0 Å². The molecule has 1 aromatic rings. The zero-order valence-electron chi connectivity index (χ0n) is 12.1. The van der Waals surface area contributed by atoms with Crippen molar-refractivity contribution >= 4 is 34.1 Å². The van der Waals surface area contributed by atoms with Crippen molar-refractivity contribution in [3.63, 3.8) is 0 Å². The highest BCUT2D eigenvalue weighted by Gasteiger charge is 2.27. The molecule has 1 fully saturated rings. The Kier molecular flexibility index (Phi) is 4.95. The van der Waals surface area contributed by atoms with Crippen molar-refractivity contribution < 1.29 is 14.4 Å². The fourth-order valence-corrected chi connectivity index (χ4v) is 2.79. The minimum atomic E-state index is -0.627. The molecule has 0 saturated heterocycles. The average Bonchev–Trinajstić information content (AvgIpc) is 2.83. The predicted octanol–water partition coefficient (Wildman–Crippen LogP) is 1.35. The number of thiophene rings is 1. The maximum absolute atomic E-state index is 12.1. The molecular weight excluding hydrogens is 290 g/mol. The molecule has 1 atom stereocenters. The van der Waals surface area contributed by atoms with Gasteiger partial charge in [-0.3, -0.25) is 14.4 Å². The second-order valence-electron chi connectivity index (χ2n) is 5.09. The zero-order valence-corrected chi connectivity index (χ0v) is 12.9. The second-order valence-corrected chi connectivity index (χ2v) is 6.01. The molecule has 1 heterocycles. The molecule has 3 amide bonds. The van der Waals surface area contributed by atoms with Crippen LogP contribution in [0.15, 0.2) is 11.4 Å². The molecule has 2 rings (SSSR count). The number of amides is 3. The molecule has 1 unspecified atom stereocenters. The van der Waals surface area contributed by atoms with Gasteiger partial charge in [-0.15, -0.1) is 11.3 Å². The number of hydrogen-bond donors (Lipinski definition) is 3. The van der Waals surface area contributed by atoms with Gasteiger partial charge in [0.25, 0.3) is 5.91 Å². The topological polar surface area (TPSA) is 87.3 Å². The molecule has 3 N–H and O–H groups in total. The van der Waals surface area contributed by atoms with Crippen molar-refractivity contribution in [3.05, 3.63) is 17.0 Å². The smallest absolute Gasteiger partial charge is 0.254 e. The van der Waals surface area contributed by atoms with E-state index >= 15 is 0 Å². The summed E-state index contributed by atoms with van der Waals surface area (Å²) >= 11 is 1.27. The number of carbonyl (C=O) groups excluding carboxylic acids is 3. The van der Waals surface area contributed by atoms with Crippen LogP contribution in [0, 0.1) is 5.92 Å². The number of nitrogens with one attached hydrogen (secondary N) is 3. The van der Waals surface area contributed by atoms with E-state index in [0.717, 1.165) is 19.3 Å². The third-order valence-corrected chi connectivity index (χ3v) is 4.43. The van der Waals surface area contributed by atoms with Gasteiger partial charge in [0.15, 0.2) is 0 Å². The summed E-state index contributed by atoms with van der Waals surface area (Å²) in [6.07, 6.45) is 2.86. The largest absolute Gasteiger partial charge is 0.355 e. The molecule has 0 bridgehead atoms. The molecule has 1 aliphatic carbocycles. The van der Waals surface area contributed by atoms with Gasteiger partial charge in [0, 0.05) is 13.0 Å². The first-order valence-electron chi connectivity index (χ1n) is 6.93. The average molecular weight is 309 g/mol. The first kappa shape index (κ1) is 15.5. The molecule has 1 aromatic heterocycles. The van der Waals surface area contributed by atoms with Crippen LogP contribution in [-0.4, -0.2) is 30.8 Å². The fraction of sp³-hybridized carbons (Fsp3) is 0.500. The Labute approximate surface area is 127 Å². The summed E-state index contributed by atoms with van der Waals surface area (Å²) < 4.78 is 0. The van der Waals surface area contributed by atoms with E-state index in [1.54, 1.807) is 18.4 Å². The van der Waals surface area contributed by atoms with E-state index < -0.39 is 6.04 Å². The minimum Gasteiger partial charge on any atom is -0.355 e. The predicted molar refractivity (Wildman–Crippen MR) is 81.3 cm³/mol. The highest BCUT2D eigenvalue weighted by Crippen LogP contribution is 2.26. The Morgan fingerprint density at radius 3 is 2.62 bits per heavy atom. The Morgan fingerprint density at radius 1 is 1.33 bits per heavy atom. The highest BCUT2D eigenvalue weighted by molar-refractivity contribution is 7.14. The summed E-state index contributed by atoms with van der Waals surface area (Å²) in [5.74, 6) is -0.599. The van der Waals surface area contributed by atoms with E-state index in [1.807, 2.05) is 0 Å². The summed E-state index contributed by atoms with van der Waals surface area (Å²) in [4.78, 5) is 35.5. The van der Waals surface area contributed by atoms with E-state index in [-0.39, 0.29) is 23.6 Å². The van der Waals surface area contributed by atoms with Gasteiger partial charge in [0.2, 0.25) is 11.8 Å². The van der Waals surface area contributed by atoms with Crippen LogP contribution >= 0.6 is 11.3 Å². The molecule has 114 valence electrons. The van der Waals surface area contributed by atoms with Crippen LogP contribution in [0.25, 0.3) is 0 Å². The van der Waals surface area contributed by atoms with Crippen molar-refractivity contribution in [1.29, 1.82) is 0 Å². The molecule has 6 nitrogen and oxygen atoms in total. The fourth-order valence-electron chi connectivity index (χ4n) is 2.01. The lowest BCUT2D eigenvalue weighted by molar-refractivity contribution is -0.130. The molecule has 1 aliphatic rings. The van der Waals surface area contributed by atoms with Crippen molar-refractivity contribution in [2.75, 3.05) is 12.4 Å². The van der Waals surface area contributed by atoms with E-state index in [0.29, 0.717) is 10.6 Å². The van der Waals surface area contributed by atoms with Crippen LogP contribution in [-0.2, 0) is 9.59 Å². The van der Waals surface area contributed by atoms with E-state index in [9.17, 15) is 14.4 Å². The van der Waals surface area contributed by atoms with Gasteiger partial charge in [-0.1, -0.05) is 6.42 Å². The normalized spacial score (nSPS) is 15.7. The van der Waals surface area contributed by atoms with Crippen molar-refractivity contribution in [3.8, 4) is 0 Å². The van der Waals surface area contributed by atoms with Crippen LogP contribution in [0.4, 0.5) is 5.00 Å². The maximum Gasteiger partial charge on any atom is 0.254 e. The first-order valence-corrected chi connectivity index (χ1v) is 7.81. The Bertz CT molecular complexity index is 551. The molecule has 0 spiro atoms. The van der Waals surface area contributed by atoms with Gasteiger partial charge in [-0.2, -0.15) is 0 Å². The monoisotopic (exact) mass is 309 g/mol. The van der Waals surface area contributed by atoms with Gasteiger partial charge in [-0.25, -0.2) is 0 Å². The lowest BCUT2D eigenvalue weighted by atomic mass is 9.84. The molecule has 21 heavy (non-hydrogen) atoms. The highest BCUT2D eigenvalue weighted by atomic mass is 32.1. The lowest BCUT2D eigenvalue weighted by Gasteiger charge is -2.25. The van der Waals surface area contributed by atoms with Gasteiger partial charge in [0.05, 0.1) is 5.56 Å². The Morgan fingerprint density at radius 2 is 2.05 bits per heavy atom. The van der Waals surface area contributed by atoms with Crippen LogP contribution in [0.2, 0.25) is 0 Å². The van der Waals surface area contributed by atoms with E-state index in [2.05, 4.69) is 16.0 Å². The molecule has 7 heteroatoms. The number of carbonyl (C=O) groups is 3. The molecule has 0 radical (unpaired) electrons. The lowest BCUT2D eigenvalue weighted by Crippen LogP contribution is -2.45. The Balaban J connectivity index is 1.92. The van der Waals surface area contributed by atoms with Crippen LogP contribution in [0.1, 0.15) is 36.5 Å². The summed E-state index contributed by atoms with van der Waals surface area (Å²) in [6.45, 7) is 1.64. The second kappa shape index (κ2) is 6.71. The Hall–Kier alpha value is -1.89. The molecule has 0 aliphatic heterocycles. The number of anilines is 1. The third kappa shape index (κ3) is 3.60. The van der Waals surface area contributed by atoms with Gasteiger partial charge in [0.1, 0.15) is 11.0 Å². The zero-order chi connectivity index (χ0) is 15.4. The summed E-state index contributed by atoms with van der Waals surface area (Å²) in [6, 6.07) is 1.02. The SMILES string of the molecule is CNC(=O)c1ccsc1NC(=O)C(C)NC(=O)C1CCC1. The summed E-state index contributed by atoms with van der Waals surface area (Å²) in [5, 5.41) is 10.1. The summed E-state index contributed by atoms with van der Waals surface area (Å²) in [7, 11) is 1.53. The van der Waals surface area contributed by atoms with Crippen molar-refractivity contribution in [1.82, 2.24) is 10.6 Å².